The van der Waals surface area contributed by atoms with Crippen LogP contribution in [0.4, 0.5) is 5.69 Å². The summed E-state index contributed by atoms with van der Waals surface area (Å²) in [6.07, 6.45) is 2.07. The van der Waals surface area contributed by atoms with E-state index >= 15 is 0 Å². The van der Waals surface area contributed by atoms with E-state index < -0.39 is 0 Å². The summed E-state index contributed by atoms with van der Waals surface area (Å²) in [6, 6.07) is 7.85. The third kappa shape index (κ3) is 2.56. The molecule has 0 bridgehead atoms. The molecule has 0 saturated heterocycles. The van der Waals surface area contributed by atoms with Gasteiger partial charge in [0.05, 0.1) is 17.3 Å². The van der Waals surface area contributed by atoms with Crippen LogP contribution < -0.4 is 14.8 Å². The second-order valence-corrected chi connectivity index (χ2v) is 5.02. The van der Waals surface area contributed by atoms with E-state index in [2.05, 4.69) is 29.1 Å². The van der Waals surface area contributed by atoms with Gasteiger partial charge < -0.3 is 19.4 Å². The molecule has 5 heteroatoms. The zero-order valence-electron chi connectivity index (χ0n) is 11.4. The molecule has 3 rings (SSSR count). The molecule has 0 saturated carbocycles. The first-order valence-electron chi connectivity index (χ1n) is 6.75. The van der Waals surface area contributed by atoms with Crippen molar-refractivity contribution in [1.82, 2.24) is 4.57 Å². The second kappa shape index (κ2) is 5.67. The molecule has 0 atom stereocenters. The molecule has 0 radical (unpaired) electrons. The number of hydrogen-bond donors (Lipinski definition) is 1. The van der Waals surface area contributed by atoms with E-state index in [9.17, 15) is 0 Å². The Balaban J connectivity index is 1.77. The average molecular weight is 293 g/mol. The molecule has 2 aromatic rings. The van der Waals surface area contributed by atoms with Crippen molar-refractivity contribution in [3.05, 3.63) is 41.2 Å². The topological polar surface area (TPSA) is 35.4 Å². The monoisotopic (exact) mass is 292 g/mol. The maximum Gasteiger partial charge on any atom is 0.163 e. The predicted octanol–water partition coefficient (Wildman–Crippen LogP) is 3.54. The molecular formula is C15H17ClN2O2. The Bertz CT molecular complexity index is 610. The van der Waals surface area contributed by atoms with Crippen molar-refractivity contribution >= 4 is 17.3 Å². The first-order valence-corrected chi connectivity index (χ1v) is 7.12. The van der Waals surface area contributed by atoms with Crippen LogP contribution in [-0.4, -0.2) is 17.8 Å². The third-order valence-electron chi connectivity index (χ3n) is 3.36. The van der Waals surface area contributed by atoms with Crippen molar-refractivity contribution < 1.29 is 9.47 Å². The third-order valence-corrected chi connectivity index (χ3v) is 3.67. The van der Waals surface area contributed by atoms with Gasteiger partial charge in [-0.3, -0.25) is 0 Å². The highest BCUT2D eigenvalue weighted by atomic mass is 35.5. The molecule has 0 amide bonds. The van der Waals surface area contributed by atoms with E-state index in [1.165, 1.54) is 5.69 Å². The van der Waals surface area contributed by atoms with Crippen LogP contribution in [0, 0.1) is 0 Å². The lowest BCUT2D eigenvalue weighted by Gasteiger charge is -2.20. The number of rotatable bonds is 4. The Morgan fingerprint density at radius 1 is 1.25 bits per heavy atom. The Labute approximate surface area is 123 Å². The van der Waals surface area contributed by atoms with Gasteiger partial charge in [0.1, 0.15) is 13.2 Å². The largest absolute Gasteiger partial charge is 0.486 e. The molecule has 0 aliphatic carbocycles. The number of ether oxygens (including phenoxy) is 2. The molecular weight excluding hydrogens is 276 g/mol. The number of halogens is 1. The first-order chi connectivity index (χ1) is 9.78. The van der Waals surface area contributed by atoms with Crippen LogP contribution in [0.15, 0.2) is 30.5 Å². The van der Waals surface area contributed by atoms with Gasteiger partial charge >= 0.3 is 0 Å². The molecule has 1 aliphatic heterocycles. The van der Waals surface area contributed by atoms with Gasteiger partial charge in [0, 0.05) is 30.6 Å². The van der Waals surface area contributed by atoms with Crippen LogP contribution in [0.5, 0.6) is 11.5 Å². The van der Waals surface area contributed by atoms with Gasteiger partial charge in [0.25, 0.3) is 0 Å². The molecule has 20 heavy (non-hydrogen) atoms. The summed E-state index contributed by atoms with van der Waals surface area (Å²) in [5.74, 6) is 1.46. The van der Waals surface area contributed by atoms with Gasteiger partial charge in [-0.05, 0) is 19.1 Å². The van der Waals surface area contributed by atoms with Crippen LogP contribution in [0.2, 0.25) is 5.02 Å². The van der Waals surface area contributed by atoms with E-state index in [0.717, 1.165) is 24.5 Å². The van der Waals surface area contributed by atoms with Crippen LogP contribution in [-0.2, 0) is 13.1 Å². The predicted molar refractivity (Wildman–Crippen MR) is 79.9 cm³/mol. The van der Waals surface area contributed by atoms with Gasteiger partial charge in [-0.25, -0.2) is 0 Å². The van der Waals surface area contributed by atoms with Gasteiger partial charge in [0.15, 0.2) is 11.5 Å². The van der Waals surface area contributed by atoms with Crippen molar-refractivity contribution in [2.75, 3.05) is 18.5 Å². The van der Waals surface area contributed by atoms with Crippen molar-refractivity contribution in [1.29, 1.82) is 0 Å². The molecule has 1 aromatic heterocycles. The fourth-order valence-corrected chi connectivity index (χ4v) is 2.52. The van der Waals surface area contributed by atoms with Gasteiger partial charge in [-0.2, -0.15) is 0 Å². The lowest BCUT2D eigenvalue weighted by molar-refractivity contribution is 0.171. The van der Waals surface area contributed by atoms with E-state index in [-0.39, 0.29) is 0 Å². The zero-order chi connectivity index (χ0) is 13.9. The van der Waals surface area contributed by atoms with Crippen LogP contribution in [0.1, 0.15) is 12.6 Å². The van der Waals surface area contributed by atoms with Crippen molar-refractivity contribution in [3.8, 4) is 11.5 Å². The number of hydrogen-bond acceptors (Lipinski definition) is 3. The SMILES string of the molecule is CCn1cccc1CNc1cc2c(cc1Cl)OCCO2. The maximum absolute atomic E-state index is 6.27. The van der Waals surface area contributed by atoms with Crippen molar-refractivity contribution in [2.45, 2.75) is 20.0 Å². The molecule has 2 heterocycles. The summed E-state index contributed by atoms with van der Waals surface area (Å²) in [7, 11) is 0. The molecule has 106 valence electrons. The zero-order valence-corrected chi connectivity index (χ0v) is 12.1. The fourth-order valence-electron chi connectivity index (χ4n) is 2.30. The van der Waals surface area contributed by atoms with Crippen molar-refractivity contribution in [2.24, 2.45) is 0 Å². The minimum absolute atomic E-state index is 0.570. The summed E-state index contributed by atoms with van der Waals surface area (Å²) in [6.45, 7) is 4.95. The number of aryl methyl sites for hydroxylation is 1. The highest BCUT2D eigenvalue weighted by Gasteiger charge is 2.15. The minimum Gasteiger partial charge on any atom is -0.486 e. The standard InChI is InChI=1S/C15H17ClN2O2/c1-2-18-5-3-4-11(18)10-17-13-9-15-14(8-12(13)16)19-6-7-20-15/h3-5,8-9,17H,2,6-7,10H2,1H3. The van der Waals surface area contributed by atoms with Gasteiger partial charge in [-0.15, -0.1) is 0 Å². The number of nitrogens with one attached hydrogen (secondary N) is 1. The molecule has 0 unspecified atom stereocenters. The lowest BCUT2D eigenvalue weighted by atomic mass is 10.2. The summed E-state index contributed by atoms with van der Waals surface area (Å²) < 4.78 is 13.3. The molecule has 1 aliphatic rings. The Hall–Kier alpha value is -1.81. The maximum atomic E-state index is 6.27. The number of nitrogens with zero attached hydrogens (tertiary/aromatic N) is 1. The summed E-state index contributed by atoms with van der Waals surface area (Å²) in [5, 5.41) is 3.99. The molecule has 0 spiro atoms. The summed E-state index contributed by atoms with van der Waals surface area (Å²) in [4.78, 5) is 0. The van der Waals surface area contributed by atoms with Crippen LogP contribution >= 0.6 is 11.6 Å². The summed E-state index contributed by atoms with van der Waals surface area (Å²) in [5.41, 5.74) is 2.08. The van der Waals surface area contributed by atoms with Gasteiger partial charge in [0.2, 0.25) is 0 Å². The quantitative estimate of drug-likeness (QED) is 0.936. The normalized spacial score (nSPS) is 13.3. The second-order valence-electron chi connectivity index (χ2n) is 4.61. The van der Waals surface area contributed by atoms with E-state index in [1.807, 2.05) is 12.1 Å². The smallest absolute Gasteiger partial charge is 0.163 e. The van der Waals surface area contributed by atoms with E-state index in [4.69, 9.17) is 21.1 Å². The van der Waals surface area contributed by atoms with Gasteiger partial charge in [-0.1, -0.05) is 11.6 Å². The summed E-state index contributed by atoms with van der Waals surface area (Å²) >= 11 is 6.27. The first kappa shape index (κ1) is 13.2. The lowest BCUT2D eigenvalue weighted by Crippen LogP contribution is -2.15. The molecule has 0 fully saturated rings. The molecule has 4 nitrogen and oxygen atoms in total. The fraction of sp³-hybridized carbons (Fsp3) is 0.333. The van der Waals surface area contributed by atoms with Crippen molar-refractivity contribution in [3.63, 3.8) is 0 Å². The highest BCUT2D eigenvalue weighted by Crippen LogP contribution is 2.38. The number of anilines is 1. The average Bonchev–Trinajstić information content (AvgIpc) is 2.92. The van der Waals surface area contributed by atoms with Crippen LogP contribution in [0.25, 0.3) is 0 Å². The highest BCUT2D eigenvalue weighted by molar-refractivity contribution is 6.33. The minimum atomic E-state index is 0.570. The van der Waals surface area contributed by atoms with E-state index in [1.54, 1.807) is 6.07 Å². The van der Waals surface area contributed by atoms with Crippen LogP contribution in [0.3, 0.4) is 0 Å². The Morgan fingerprint density at radius 2 is 2.00 bits per heavy atom. The molecule has 1 N–H and O–H groups in total. The number of fused-ring (bicyclic) bond motifs is 1. The number of aromatic nitrogens is 1. The van der Waals surface area contributed by atoms with E-state index in [0.29, 0.717) is 24.0 Å². The number of benzene rings is 1. The molecule has 1 aromatic carbocycles. The Morgan fingerprint density at radius 3 is 2.75 bits per heavy atom. The Kier molecular flexibility index (Phi) is 3.74.